The van der Waals surface area contributed by atoms with Crippen LogP contribution in [0.25, 0.3) is 11.1 Å². The molecule has 0 spiro atoms. The first kappa shape index (κ1) is 18.3. The first-order valence-corrected chi connectivity index (χ1v) is 10.4. The summed E-state index contributed by atoms with van der Waals surface area (Å²) in [4.78, 5) is 41.0. The number of anilines is 1. The molecule has 1 amide bonds. The summed E-state index contributed by atoms with van der Waals surface area (Å²) in [6.07, 6.45) is 1.98. The molecule has 4 aromatic rings. The number of fused-ring (bicyclic) bond motifs is 3. The predicted molar refractivity (Wildman–Crippen MR) is 117 cm³/mol. The Hall–Kier alpha value is -3.71. The molecular formula is C23H17N3O3S. The molecule has 0 atom stereocenters. The van der Waals surface area contributed by atoms with Gasteiger partial charge in [0.15, 0.2) is 0 Å². The summed E-state index contributed by atoms with van der Waals surface area (Å²) in [5.41, 5.74) is 4.11. The van der Waals surface area contributed by atoms with E-state index in [1.165, 1.54) is 28.7 Å². The summed E-state index contributed by atoms with van der Waals surface area (Å²) in [5, 5.41) is 4.66. The number of hydrogen-bond donors (Lipinski definition) is 2. The number of hydrogen-bond acceptors (Lipinski definition) is 4. The van der Waals surface area contributed by atoms with Gasteiger partial charge in [-0.05, 0) is 52.3 Å². The van der Waals surface area contributed by atoms with Crippen molar-refractivity contribution >= 4 is 22.9 Å². The number of amides is 1. The van der Waals surface area contributed by atoms with Crippen molar-refractivity contribution in [1.82, 2.24) is 9.55 Å². The second-order valence-corrected chi connectivity index (χ2v) is 8.17. The van der Waals surface area contributed by atoms with Gasteiger partial charge < -0.3 is 10.3 Å². The van der Waals surface area contributed by atoms with Crippen LogP contribution in [0, 0.1) is 0 Å². The lowest BCUT2D eigenvalue weighted by molar-refractivity contribution is 0.102. The molecule has 30 heavy (non-hydrogen) atoms. The average Bonchev–Trinajstić information content (AvgIpc) is 3.38. The lowest BCUT2D eigenvalue weighted by atomic mass is 10.1. The second kappa shape index (κ2) is 7.27. The molecule has 0 unspecified atom stereocenters. The number of carbonyl (C=O) groups excluding carboxylic acids is 1. The van der Waals surface area contributed by atoms with Gasteiger partial charge in [0.25, 0.3) is 11.5 Å². The Morgan fingerprint density at radius 2 is 1.87 bits per heavy atom. The highest BCUT2D eigenvalue weighted by molar-refractivity contribution is 7.09. The highest BCUT2D eigenvalue weighted by Gasteiger charge is 2.20. The Kier molecular flexibility index (Phi) is 4.44. The summed E-state index contributed by atoms with van der Waals surface area (Å²) in [5.74, 6) is -0.549. The Labute approximate surface area is 175 Å². The highest BCUT2D eigenvalue weighted by Crippen LogP contribution is 2.37. The van der Waals surface area contributed by atoms with E-state index in [1.807, 2.05) is 47.8 Å². The smallest absolute Gasteiger partial charge is 0.322 e. The van der Waals surface area contributed by atoms with Crippen LogP contribution in [0.5, 0.6) is 0 Å². The van der Waals surface area contributed by atoms with Gasteiger partial charge in [0.2, 0.25) is 0 Å². The van der Waals surface area contributed by atoms with Crippen LogP contribution in [0.1, 0.15) is 26.4 Å². The van der Waals surface area contributed by atoms with Crippen molar-refractivity contribution in [1.29, 1.82) is 0 Å². The minimum Gasteiger partial charge on any atom is -0.322 e. The van der Waals surface area contributed by atoms with E-state index in [4.69, 9.17) is 0 Å². The molecule has 2 aromatic heterocycles. The minimum atomic E-state index is -0.613. The number of aromatic amines is 1. The van der Waals surface area contributed by atoms with E-state index in [9.17, 15) is 14.4 Å². The van der Waals surface area contributed by atoms with Crippen molar-refractivity contribution in [2.24, 2.45) is 0 Å². The van der Waals surface area contributed by atoms with E-state index < -0.39 is 17.2 Å². The number of carbonyl (C=O) groups is 1. The molecule has 148 valence electrons. The summed E-state index contributed by atoms with van der Waals surface area (Å²) in [7, 11) is 0. The van der Waals surface area contributed by atoms with Crippen molar-refractivity contribution in [3.8, 4) is 11.1 Å². The summed E-state index contributed by atoms with van der Waals surface area (Å²) in [6, 6.07) is 17.7. The number of aromatic nitrogens is 2. The molecule has 0 bridgehead atoms. The molecule has 0 radical (unpaired) electrons. The van der Waals surface area contributed by atoms with E-state index >= 15 is 0 Å². The molecule has 0 fully saturated rings. The first-order chi connectivity index (χ1) is 14.6. The first-order valence-electron chi connectivity index (χ1n) is 9.47. The van der Waals surface area contributed by atoms with E-state index in [0.717, 1.165) is 27.0 Å². The molecule has 2 heterocycles. The maximum atomic E-state index is 12.8. The van der Waals surface area contributed by atoms with E-state index in [2.05, 4.69) is 22.4 Å². The number of thiophene rings is 1. The number of H-pyrrole nitrogens is 1. The monoisotopic (exact) mass is 415 g/mol. The number of nitrogens with one attached hydrogen (secondary N) is 2. The Bertz CT molecular complexity index is 1380. The van der Waals surface area contributed by atoms with Crippen molar-refractivity contribution in [3.05, 3.63) is 109 Å². The summed E-state index contributed by atoms with van der Waals surface area (Å²) in [6.45, 7) is 0.129. The fourth-order valence-corrected chi connectivity index (χ4v) is 4.49. The molecule has 0 saturated carbocycles. The molecule has 0 saturated heterocycles. The van der Waals surface area contributed by atoms with Crippen LogP contribution in [0.15, 0.2) is 75.8 Å². The predicted octanol–water partition coefficient (Wildman–Crippen LogP) is 3.47. The van der Waals surface area contributed by atoms with Gasteiger partial charge in [0.1, 0.15) is 5.56 Å². The molecule has 1 aliphatic rings. The molecule has 1 aliphatic carbocycles. The maximum Gasteiger partial charge on any atom is 0.328 e. The zero-order valence-electron chi connectivity index (χ0n) is 15.8. The van der Waals surface area contributed by atoms with E-state index in [1.54, 1.807) is 0 Å². The van der Waals surface area contributed by atoms with Crippen LogP contribution < -0.4 is 16.6 Å². The van der Waals surface area contributed by atoms with Gasteiger partial charge >= 0.3 is 5.69 Å². The SMILES string of the molecule is O=C(Nc1ccc2c(c1)Cc1ccccc1-2)c1c[nH]c(=O)n(Cc2cccs2)c1=O. The Morgan fingerprint density at radius 1 is 1.03 bits per heavy atom. The van der Waals surface area contributed by atoms with Crippen LogP contribution >= 0.6 is 11.3 Å². The van der Waals surface area contributed by atoms with Crippen LogP contribution in [0.4, 0.5) is 5.69 Å². The van der Waals surface area contributed by atoms with Gasteiger partial charge in [0, 0.05) is 16.8 Å². The third-order valence-electron chi connectivity index (χ3n) is 5.25. The van der Waals surface area contributed by atoms with Gasteiger partial charge in [0.05, 0.1) is 6.54 Å². The molecule has 5 rings (SSSR count). The zero-order chi connectivity index (χ0) is 20.7. The third kappa shape index (κ3) is 3.19. The lowest BCUT2D eigenvalue weighted by Crippen LogP contribution is -2.39. The van der Waals surface area contributed by atoms with Crippen molar-refractivity contribution in [2.45, 2.75) is 13.0 Å². The van der Waals surface area contributed by atoms with Crippen molar-refractivity contribution in [3.63, 3.8) is 0 Å². The molecular weight excluding hydrogens is 398 g/mol. The van der Waals surface area contributed by atoms with Gasteiger partial charge in [-0.1, -0.05) is 36.4 Å². The maximum absolute atomic E-state index is 12.8. The molecule has 2 aromatic carbocycles. The van der Waals surface area contributed by atoms with Crippen LogP contribution in [-0.4, -0.2) is 15.5 Å². The van der Waals surface area contributed by atoms with Crippen molar-refractivity contribution in [2.75, 3.05) is 5.32 Å². The summed E-state index contributed by atoms with van der Waals surface area (Å²) >= 11 is 1.45. The largest absolute Gasteiger partial charge is 0.328 e. The topological polar surface area (TPSA) is 84.0 Å². The molecule has 7 heteroatoms. The van der Waals surface area contributed by atoms with E-state index in [0.29, 0.717) is 5.69 Å². The van der Waals surface area contributed by atoms with E-state index in [-0.39, 0.29) is 12.1 Å². The molecule has 6 nitrogen and oxygen atoms in total. The van der Waals surface area contributed by atoms with Crippen molar-refractivity contribution < 1.29 is 4.79 Å². The molecule has 0 aliphatic heterocycles. The zero-order valence-corrected chi connectivity index (χ0v) is 16.7. The van der Waals surface area contributed by atoms with Gasteiger partial charge in [-0.25, -0.2) is 4.79 Å². The van der Waals surface area contributed by atoms with Gasteiger partial charge in [-0.15, -0.1) is 11.3 Å². The normalized spacial score (nSPS) is 11.7. The van der Waals surface area contributed by atoms with Crippen LogP contribution in [-0.2, 0) is 13.0 Å². The fraction of sp³-hybridized carbons (Fsp3) is 0.0870. The Balaban J connectivity index is 1.42. The second-order valence-electron chi connectivity index (χ2n) is 7.14. The minimum absolute atomic E-state index is 0.102. The van der Waals surface area contributed by atoms with Crippen LogP contribution in [0.3, 0.4) is 0 Å². The van der Waals surface area contributed by atoms with Gasteiger partial charge in [-0.3, -0.25) is 14.2 Å². The lowest BCUT2D eigenvalue weighted by Gasteiger charge is -2.09. The number of rotatable bonds is 4. The number of benzene rings is 2. The average molecular weight is 415 g/mol. The highest BCUT2D eigenvalue weighted by atomic mass is 32.1. The molecule has 2 N–H and O–H groups in total. The van der Waals surface area contributed by atoms with Crippen LogP contribution in [0.2, 0.25) is 0 Å². The number of nitrogens with zero attached hydrogens (tertiary/aromatic N) is 1. The third-order valence-corrected chi connectivity index (χ3v) is 6.11. The standard InChI is InChI=1S/C23H17N3O3S/c27-21(20-12-24-23(29)26(22(20)28)13-17-5-3-9-30-17)25-16-7-8-19-15(11-16)10-14-4-1-2-6-18(14)19/h1-9,11-12H,10,13H2,(H,24,29)(H,25,27). The van der Waals surface area contributed by atoms with Gasteiger partial charge in [-0.2, -0.15) is 0 Å². The Morgan fingerprint density at radius 3 is 2.70 bits per heavy atom. The quantitative estimate of drug-likeness (QED) is 0.471. The summed E-state index contributed by atoms with van der Waals surface area (Å²) < 4.78 is 1.04. The fourth-order valence-electron chi connectivity index (χ4n) is 3.80.